The zero-order chi connectivity index (χ0) is 18.1. The molecule has 6 heteroatoms. The van der Waals surface area contributed by atoms with Gasteiger partial charge in [-0.15, -0.1) is 0 Å². The molecular weight excluding hydrogens is 314 g/mol. The lowest BCUT2D eigenvalue weighted by Crippen LogP contribution is -2.19. The molecule has 3 rings (SSSR count). The Bertz CT molecular complexity index is 828. The van der Waals surface area contributed by atoms with Gasteiger partial charge in [0.15, 0.2) is 5.78 Å². The number of Topliss-reactive ketones (excluding diaryl/α,β-unsaturated/α-hetero) is 1. The van der Waals surface area contributed by atoms with Crippen LogP contribution in [0.4, 0.5) is 0 Å². The number of allylic oxidation sites excluding steroid dienone is 2. The van der Waals surface area contributed by atoms with Crippen LogP contribution in [0.5, 0.6) is 0 Å². The molecule has 1 saturated carbocycles. The molecule has 128 valence electrons. The Kier molecular flexibility index (Phi) is 4.41. The van der Waals surface area contributed by atoms with Crippen LogP contribution in [0, 0.1) is 31.1 Å². The standard InChI is InChI=1S/C19H21N5O/c1-12-10-21-23(3)17(12)7-15-5-14(9-20)6-16(19(15)25)8-18-13(2)11-22-24(18)4/h7-8,10-11,14H,5-6H2,1-4H3. The van der Waals surface area contributed by atoms with Crippen LogP contribution >= 0.6 is 0 Å². The van der Waals surface area contributed by atoms with E-state index in [1.807, 2.05) is 40.1 Å². The Balaban J connectivity index is 2.04. The Morgan fingerprint density at radius 2 is 1.48 bits per heavy atom. The van der Waals surface area contributed by atoms with Gasteiger partial charge in [0.2, 0.25) is 0 Å². The Morgan fingerprint density at radius 3 is 1.80 bits per heavy atom. The first-order valence-electron chi connectivity index (χ1n) is 8.23. The average molecular weight is 335 g/mol. The van der Waals surface area contributed by atoms with Gasteiger partial charge in [0, 0.05) is 25.2 Å². The first-order valence-corrected chi connectivity index (χ1v) is 8.23. The van der Waals surface area contributed by atoms with Crippen molar-refractivity contribution in [2.75, 3.05) is 0 Å². The highest BCUT2D eigenvalue weighted by Gasteiger charge is 2.28. The molecule has 0 N–H and O–H groups in total. The first-order chi connectivity index (χ1) is 11.9. The van der Waals surface area contributed by atoms with E-state index in [1.165, 1.54) is 0 Å². The molecule has 0 amide bonds. The molecule has 0 spiro atoms. The van der Waals surface area contributed by atoms with Crippen LogP contribution in [0.25, 0.3) is 12.2 Å². The third-order valence-corrected chi connectivity index (χ3v) is 4.67. The van der Waals surface area contributed by atoms with Crippen molar-refractivity contribution < 1.29 is 4.79 Å². The summed E-state index contributed by atoms with van der Waals surface area (Å²) in [6.07, 6.45) is 8.24. The molecule has 2 aromatic heterocycles. The van der Waals surface area contributed by atoms with Crippen LogP contribution in [0.15, 0.2) is 23.5 Å². The molecular formula is C19H21N5O. The molecule has 0 aromatic carbocycles. The van der Waals surface area contributed by atoms with E-state index in [4.69, 9.17) is 0 Å². The minimum Gasteiger partial charge on any atom is -0.289 e. The van der Waals surface area contributed by atoms with Crippen LogP contribution in [-0.4, -0.2) is 25.3 Å². The minimum atomic E-state index is -0.197. The van der Waals surface area contributed by atoms with Crippen molar-refractivity contribution in [3.8, 4) is 6.07 Å². The summed E-state index contributed by atoms with van der Waals surface area (Å²) in [6, 6.07) is 2.32. The number of ketones is 1. The zero-order valence-electron chi connectivity index (χ0n) is 14.9. The summed E-state index contributed by atoms with van der Waals surface area (Å²) in [4.78, 5) is 13.0. The molecule has 25 heavy (non-hydrogen) atoms. The third kappa shape index (κ3) is 3.18. The van der Waals surface area contributed by atoms with Gasteiger partial charge in [-0.1, -0.05) is 0 Å². The van der Waals surface area contributed by atoms with Crippen molar-refractivity contribution in [1.29, 1.82) is 5.26 Å². The number of aromatic nitrogens is 4. The number of rotatable bonds is 2. The monoisotopic (exact) mass is 335 g/mol. The molecule has 0 radical (unpaired) electrons. The van der Waals surface area contributed by atoms with Gasteiger partial charge in [-0.05, 0) is 50.0 Å². The van der Waals surface area contributed by atoms with Crippen molar-refractivity contribution in [3.05, 3.63) is 46.1 Å². The third-order valence-electron chi connectivity index (χ3n) is 4.67. The fourth-order valence-corrected chi connectivity index (χ4v) is 3.19. The lowest BCUT2D eigenvalue weighted by molar-refractivity contribution is -0.113. The van der Waals surface area contributed by atoms with E-state index in [0.29, 0.717) is 24.0 Å². The lowest BCUT2D eigenvalue weighted by Gasteiger charge is -2.21. The molecule has 6 nitrogen and oxygen atoms in total. The molecule has 1 fully saturated rings. The smallest absolute Gasteiger partial charge is 0.185 e. The van der Waals surface area contributed by atoms with Gasteiger partial charge in [-0.2, -0.15) is 15.5 Å². The number of hydrogen-bond acceptors (Lipinski definition) is 4. The summed E-state index contributed by atoms with van der Waals surface area (Å²) < 4.78 is 3.50. The summed E-state index contributed by atoms with van der Waals surface area (Å²) in [5, 5.41) is 17.9. The second-order valence-electron chi connectivity index (χ2n) is 6.58. The van der Waals surface area contributed by atoms with Gasteiger partial charge in [-0.25, -0.2) is 0 Å². The van der Waals surface area contributed by atoms with E-state index in [2.05, 4.69) is 16.3 Å². The molecule has 2 aromatic rings. The number of hydrogen-bond donors (Lipinski definition) is 0. The SMILES string of the molecule is Cc1cnn(C)c1C=C1CC(C#N)CC(=Cc2c(C)cnn2C)C1=O. The van der Waals surface area contributed by atoms with Crippen molar-refractivity contribution >= 4 is 17.9 Å². The van der Waals surface area contributed by atoms with E-state index < -0.39 is 0 Å². The number of carbonyl (C=O) groups is 1. The van der Waals surface area contributed by atoms with Gasteiger partial charge >= 0.3 is 0 Å². The average Bonchev–Trinajstić information content (AvgIpc) is 3.07. The highest BCUT2D eigenvalue weighted by Crippen LogP contribution is 2.32. The normalized spacial score (nSPS) is 21.1. The molecule has 0 atom stereocenters. The maximum Gasteiger partial charge on any atom is 0.185 e. The number of nitrogens with zero attached hydrogens (tertiary/aromatic N) is 5. The zero-order valence-corrected chi connectivity index (χ0v) is 14.9. The molecule has 1 aliphatic carbocycles. The topological polar surface area (TPSA) is 76.5 Å². The predicted octanol–water partition coefficient (Wildman–Crippen LogP) is 2.74. The summed E-state index contributed by atoms with van der Waals surface area (Å²) in [5.74, 6) is -0.190. The summed E-state index contributed by atoms with van der Waals surface area (Å²) in [7, 11) is 3.70. The number of aryl methyl sites for hydroxylation is 4. The van der Waals surface area contributed by atoms with Crippen LogP contribution in [-0.2, 0) is 18.9 Å². The fraction of sp³-hybridized carbons (Fsp3) is 0.368. The van der Waals surface area contributed by atoms with Gasteiger partial charge in [0.1, 0.15) is 0 Å². The first kappa shape index (κ1) is 16.9. The van der Waals surface area contributed by atoms with E-state index in [1.54, 1.807) is 21.8 Å². The van der Waals surface area contributed by atoms with Gasteiger partial charge < -0.3 is 0 Å². The molecule has 0 saturated heterocycles. The quantitative estimate of drug-likeness (QED) is 0.791. The highest BCUT2D eigenvalue weighted by molar-refractivity contribution is 6.14. The van der Waals surface area contributed by atoms with Gasteiger partial charge in [0.25, 0.3) is 0 Å². The lowest BCUT2D eigenvalue weighted by atomic mass is 9.81. The van der Waals surface area contributed by atoms with E-state index in [9.17, 15) is 10.1 Å². The molecule has 0 aliphatic heterocycles. The fourth-order valence-electron chi connectivity index (χ4n) is 3.19. The maximum absolute atomic E-state index is 13.0. The van der Waals surface area contributed by atoms with Gasteiger partial charge in [0.05, 0.1) is 35.8 Å². The van der Waals surface area contributed by atoms with Crippen LogP contribution in [0.3, 0.4) is 0 Å². The maximum atomic E-state index is 13.0. The molecule has 2 heterocycles. The summed E-state index contributed by atoms with van der Waals surface area (Å²) >= 11 is 0. The molecule has 0 bridgehead atoms. The van der Waals surface area contributed by atoms with Crippen molar-refractivity contribution in [1.82, 2.24) is 19.6 Å². The number of carbonyl (C=O) groups excluding carboxylic acids is 1. The number of nitriles is 1. The van der Waals surface area contributed by atoms with E-state index >= 15 is 0 Å². The second kappa shape index (κ2) is 6.52. The molecule has 0 unspecified atom stereocenters. The summed E-state index contributed by atoms with van der Waals surface area (Å²) in [5.41, 5.74) is 5.15. The van der Waals surface area contributed by atoms with E-state index in [-0.39, 0.29) is 11.7 Å². The van der Waals surface area contributed by atoms with Crippen LogP contribution < -0.4 is 0 Å². The summed E-state index contributed by atoms with van der Waals surface area (Å²) in [6.45, 7) is 3.93. The minimum absolute atomic E-state index is 0.00713. The van der Waals surface area contributed by atoms with E-state index in [0.717, 1.165) is 22.5 Å². The molecule has 1 aliphatic rings. The Morgan fingerprint density at radius 1 is 1.04 bits per heavy atom. The Hall–Kier alpha value is -2.94. The van der Waals surface area contributed by atoms with Gasteiger partial charge in [-0.3, -0.25) is 14.2 Å². The van der Waals surface area contributed by atoms with Crippen LogP contribution in [0.2, 0.25) is 0 Å². The predicted molar refractivity (Wildman–Crippen MR) is 95.2 cm³/mol. The van der Waals surface area contributed by atoms with Crippen molar-refractivity contribution in [2.45, 2.75) is 26.7 Å². The second-order valence-corrected chi connectivity index (χ2v) is 6.58. The van der Waals surface area contributed by atoms with Crippen LogP contribution in [0.1, 0.15) is 35.4 Å². The van der Waals surface area contributed by atoms with Crippen molar-refractivity contribution in [3.63, 3.8) is 0 Å². The van der Waals surface area contributed by atoms with Crippen molar-refractivity contribution in [2.24, 2.45) is 20.0 Å². The highest BCUT2D eigenvalue weighted by atomic mass is 16.1. The largest absolute Gasteiger partial charge is 0.289 e. The Labute approximate surface area is 147 Å².